The maximum atomic E-state index is 5.34. The van der Waals surface area contributed by atoms with Crippen LogP contribution in [0.1, 0.15) is 0 Å². The Hall–Kier alpha value is -0.680. The third-order valence-corrected chi connectivity index (χ3v) is 29.1. The van der Waals surface area contributed by atoms with Gasteiger partial charge in [-0.15, -0.1) is 45.3 Å². The number of fused-ring (bicyclic) bond motifs is 18. The number of nitrogens with zero attached hydrogens (tertiary/aromatic N) is 6. The molecule has 0 amide bonds. The number of aromatic nitrogens is 8. The molecule has 13 heterocycles. The summed E-state index contributed by atoms with van der Waals surface area (Å²) in [4.78, 5) is 43.3. The molecule has 0 fully saturated rings. The minimum absolute atomic E-state index is 0.661. The molecule has 24 heteroatoms. The number of thioether (sulfide) groups is 12. The number of H-pyrrole nitrogens is 2. The molecule has 274 valence electrons. The Morgan fingerprint density at radius 2 is 0.571 bits per heavy atom. The van der Waals surface area contributed by atoms with Crippen LogP contribution in [0.2, 0.25) is 0 Å². The third kappa shape index (κ3) is 6.05. The van der Waals surface area contributed by atoms with Gasteiger partial charge in [-0.25, -0.2) is 29.9 Å². The van der Waals surface area contributed by atoms with E-state index in [4.69, 9.17) is 29.9 Å². The number of rotatable bonds is 0. The van der Waals surface area contributed by atoms with Gasteiger partial charge in [0.05, 0.1) is 63.1 Å². The van der Waals surface area contributed by atoms with Crippen molar-refractivity contribution < 1.29 is 0 Å². The molecule has 0 radical (unpaired) electrons. The Balaban J connectivity index is 1.16. The Morgan fingerprint density at radius 3 is 0.857 bits per heavy atom. The molecule has 0 saturated heterocycles. The Kier molecular flexibility index (Phi) is 9.30. The molecular weight excluding hydrogens is 1010 g/mol. The topological polar surface area (TPSA) is 109 Å². The number of hydrogen-bond acceptors (Lipinski definition) is 22. The molecule has 0 unspecified atom stereocenters. The molecular formula is C32H10N8S16. The van der Waals surface area contributed by atoms with Gasteiger partial charge in [0.1, 0.15) is 30.3 Å². The number of nitrogens with one attached hydrogen (secondary N) is 2. The lowest BCUT2D eigenvalue weighted by Crippen LogP contribution is -1.88. The average molecular weight is 1020 g/mol. The maximum absolute atomic E-state index is 5.34. The van der Waals surface area contributed by atoms with Gasteiger partial charge >= 0.3 is 0 Å². The summed E-state index contributed by atoms with van der Waals surface area (Å²) in [5, 5.41) is 17.1. The second kappa shape index (κ2) is 14.5. The summed E-state index contributed by atoms with van der Waals surface area (Å²) < 4.78 is 14.2. The van der Waals surface area contributed by atoms with Crippen LogP contribution in [-0.4, -0.2) is 39.9 Å². The zero-order valence-corrected chi connectivity index (χ0v) is 39.9. The van der Waals surface area contributed by atoms with Crippen LogP contribution < -0.4 is 7.69 Å². The van der Waals surface area contributed by atoms with Crippen LogP contribution in [-0.2, 0) is 0 Å². The minimum atomic E-state index is 0.661. The van der Waals surface area contributed by atoms with Crippen molar-refractivity contribution in [1.82, 2.24) is 39.9 Å². The molecule has 56 heavy (non-hydrogen) atoms. The van der Waals surface area contributed by atoms with Crippen molar-refractivity contribution in [3.05, 3.63) is 86.0 Å². The first-order valence-electron chi connectivity index (χ1n) is 15.8. The first-order valence-corrected chi connectivity index (χ1v) is 29.4. The van der Waals surface area contributed by atoms with Crippen molar-refractivity contribution in [1.29, 1.82) is 0 Å². The van der Waals surface area contributed by atoms with E-state index in [1.165, 1.54) is 33.1 Å². The average Bonchev–Trinajstić information content (AvgIpc) is 4.05. The molecule has 3 aromatic rings. The molecule has 10 aliphatic rings. The van der Waals surface area contributed by atoms with E-state index >= 15 is 0 Å². The Labute approximate surface area is 380 Å². The summed E-state index contributed by atoms with van der Waals surface area (Å²) in [5.74, 6) is 0. The van der Waals surface area contributed by atoms with Crippen molar-refractivity contribution in [2.75, 3.05) is 0 Å². The molecule has 0 aliphatic carbocycles. The highest BCUT2D eigenvalue weighted by Crippen LogP contribution is 2.61. The second-order valence-corrected chi connectivity index (χ2v) is 29.0. The van der Waals surface area contributed by atoms with Gasteiger partial charge in [0, 0.05) is 0 Å². The van der Waals surface area contributed by atoms with Gasteiger partial charge < -0.3 is 9.97 Å². The van der Waals surface area contributed by atoms with Crippen molar-refractivity contribution in [3.8, 4) is 0 Å². The van der Waals surface area contributed by atoms with Gasteiger partial charge in [-0.3, -0.25) is 0 Å². The highest BCUT2D eigenvalue weighted by atomic mass is 32.2. The largest absolute Gasteiger partial charge is 0.323 e. The van der Waals surface area contributed by atoms with Crippen LogP contribution in [0, 0.1) is 18.1 Å². The quantitative estimate of drug-likeness (QED) is 0.150. The number of hydrogen-bond donors (Lipinski definition) is 2. The van der Waals surface area contributed by atoms with Crippen molar-refractivity contribution in [3.63, 3.8) is 0 Å². The van der Waals surface area contributed by atoms with Gasteiger partial charge in [0.2, 0.25) is 0 Å². The fourth-order valence-electron chi connectivity index (χ4n) is 5.85. The molecule has 10 aliphatic heterocycles. The highest BCUT2D eigenvalue weighted by molar-refractivity contribution is 8.35. The van der Waals surface area contributed by atoms with Crippen LogP contribution in [0.15, 0.2) is 79.8 Å². The maximum Gasteiger partial charge on any atom is 0.175 e. The monoisotopic (exact) mass is 1020 g/mol. The van der Waals surface area contributed by atoms with E-state index in [-0.39, 0.29) is 0 Å². The summed E-state index contributed by atoms with van der Waals surface area (Å²) in [6.45, 7) is 0. The van der Waals surface area contributed by atoms with Gasteiger partial charge in [0.25, 0.3) is 0 Å². The molecule has 2 N–H and O–H groups in total. The lowest BCUT2D eigenvalue weighted by Gasteiger charge is -1.99. The van der Waals surface area contributed by atoms with E-state index in [0.717, 1.165) is 60.3 Å². The fourth-order valence-corrected chi connectivity index (χ4v) is 24.7. The van der Waals surface area contributed by atoms with Crippen LogP contribution in [0.5, 0.6) is 0 Å². The highest BCUT2D eigenvalue weighted by Gasteiger charge is 2.31. The first kappa shape index (κ1) is 36.0. The van der Waals surface area contributed by atoms with E-state index in [1.807, 2.05) is 0 Å². The predicted octanol–water partition coefficient (Wildman–Crippen LogP) is 13.3. The van der Waals surface area contributed by atoms with Gasteiger partial charge in [-0.05, 0) is 43.3 Å². The molecule has 8 nitrogen and oxygen atoms in total. The minimum Gasteiger partial charge on any atom is -0.323 e. The fraction of sp³-hybridized carbons (Fsp3) is 0. The van der Waals surface area contributed by atoms with E-state index in [9.17, 15) is 0 Å². The summed E-state index contributed by atoms with van der Waals surface area (Å²) in [5.41, 5.74) is 5.64. The van der Waals surface area contributed by atoms with Crippen LogP contribution in [0.25, 0.3) is 53.7 Å². The molecule has 0 spiro atoms. The van der Waals surface area contributed by atoms with E-state index in [0.29, 0.717) is 22.6 Å². The molecule has 3 aromatic heterocycles. The first-order chi connectivity index (χ1) is 27.7. The standard InChI is InChI=1S/C32H10N8S16/c1-2-42-25(41-1)29-49-9-10(50-29)18-33-17(9)37-19-11-13(53-30(51-11)26-43-3-4-44-26)21(34-19)39-23-15-16(56-32(55-15)28-47-7-8-48-28)24(36-23)40-22-14-12(20(35-22)38-18)52-31(54-14)27-45-5-6-46-27/h1-8H,(H2,33,34,35,36,37,38,39,40). The lowest BCUT2D eigenvalue weighted by molar-refractivity contribution is 1.25. The van der Waals surface area contributed by atoms with E-state index in [2.05, 4.69) is 53.2 Å². The Morgan fingerprint density at radius 1 is 0.304 bits per heavy atom. The van der Waals surface area contributed by atoms with Crippen LogP contribution in [0.3, 0.4) is 0 Å². The smallest absolute Gasteiger partial charge is 0.175 e. The SMILES string of the molecule is C1=CSC(=C2Sc3c(c4nc5nc(nc6[nH]c(nc7nc(nc3[nH]4)c3sc(=C4SC=CS4)sc7=3)c3c6SC(=C4SC=CS4)S3)c3sc(=C4SC=CS4)sc5=3)S2)S1. The predicted molar refractivity (Wildman–Crippen MR) is 261 cm³/mol. The summed E-state index contributed by atoms with van der Waals surface area (Å²) in [6, 6.07) is 0. The summed E-state index contributed by atoms with van der Waals surface area (Å²) in [6.07, 6.45) is 0. The van der Waals surface area contributed by atoms with Gasteiger partial charge in [-0.2, -0.15) is 0 Å². The zero-order valence-electron chi connectivity index (χ0n) is 26.8. The van der Waals surface area contributed by atoms with Crippen molar-refractivity contribution in [2.45, 2.75) is 19.6 Å². The second-order valence-electron chi connectivity index (χ2n) is 11.4. The van der Waals surface area contributed by atoms with Crippen molar-refractivity contribution in [2.24, 2.45) is 0 Å². The Bertz CT molecular complexity index is 3090. The zero-order chi connectivity index (χ0) is 36.5. The normalized spacial score (nSPS) is 18.8. The van der Waals surface area contributed by atoms with E-state index in [1.54, 1.807) is 186 Å². The van der Waals surface area contributed by atoms with Gasteiger partial charge in [-0.1, -0.05) is 141 Å². The van der Waals surface area contributed by atoms with Crippen molar-refractivity contribution >= 4 is 240 Å². The van der Waals surface area contributed by atoms with Crippen LogP contribution in [0.4, 0.5) is 0 Å². The lowest BCUT2D eigenvalue weighted by atomic mass is 10.6. The molecule has 8 bridgehead atoms. The van der Waals surface area contributed by atoms with E-state index < -0.39 is 0 Å². The molecule has 0 atom stereocenters. The van der Waals surface area contributed by atoms with Crippen LogP contribution >= 0.6 is 186 Å². The molecule has 0 aromatic carbocycles. The number of aromatic amines is 2. The molecule has 0 saturated carbocycles. The summed E-state index contributed by atoms with van der Waals surface area (Å²) in [7, 11) is 0. The third-order valence-electron chi connectivity index (χ3n) is 8.11. The summed E-state index contributed by atoms with van der Waals surface area (Å²) >= 11 is 28.1. The molecule has 13 rings (SSSR count). The van der Waals surface area contributed by atoms with Gasteiger partial charge in [0.15, 0.2) is 22.6 Å².